The third kappa shape index (κ3) is 4.31. The van der Waals surface area contributed by atoms with Gasteiger partial charge in [-0.3, -0.25) is 19.2 Å². The second kappa shape index (κ2) is 9.00. The number of hydrogen-bond donors (Lipinski definition) is 1. The van der Waals surface area contributed by atoms with E-state index in [1.54, 1.807) is 35.2 Å². The van der Waals surface area contributed by atoms with Crippen molar-refractivity contribution < 1.29 is 19.2 Å². The molecule has 0 radical (unpaired) electrons. The van der Waals surface area contributed by atoms with Gasteiger partial charge in [-0.2, -0.15) is 0 Å². The van der Waals surface area contributed by atoms with E-state index < -0.39 is 17.7 Å². The Morgan fingerprint density at radius 1 is 0.971 bits per heavy atom. The van der Waals surface area contributed by atoms with Crippen LogP contribution in [0.2, 0.25) is 5.02 Å². The molecule has 2 aliphatic heterocycles. The molecule has 0 saturated carbocycles. The number of hydrogen-bond acceptors (Lipinski definition) is 4. The summed E-state index contributed by atoms with van der Waals surface area (Å²) < 4.78 is 0. The summed E-state index contributed by atoms with van der Waals surface area (Å²) in [5.74, 6) is -1.72. The summed E-state index contributed by atoms with van der Waals surface area (Å²) >= 11 is 6.41. The van der Waals surface area contributed by atoms with Gasteiger partial charge in [0.25, 0.3) is 11.8 Å². The lowest BCUT2D eigenvalue weighted by Crippen LogP contribution is -2.30. The van der Waals surface area contributed by atoms with E-state index in [1.165, 1.54) is 12.1 Å². The standard InChI is InChI=1S/C27H22ClN3O4/c1-16-6-8-17(9-7-16)14-30-15-18(12-24(30)32)25(33)29-19-10-11-23(22(28)13-19)31-26(34)20-4-2-3-5-21(20)27(31)35/h2-11,13,18H,12,14-15H2,1H3,(H,29,33). The van der Waals surface area contributed by atoms with Gasteiger partial charge in [0.15, 0.2) is 0 Å². The van der Waals surface area contributed by atoms with Crippen molar-refractivity contribution in [2.75, 3.05) is 16.8 Å². The van der Waals surface area contributed by atoms with Crippen LogP contribution in [0.1, 0.15) is 38.3 Å². The molecule has 2 aliphatic rings. The van der Waals surface area contributed by atoms with Crippen LogP contribution in [0.25, 0.3) is 0 Å². The Hall–Kier alpha value is -3.97. The number of carbonyl (C=O) groups excluding carboxylic acids is 4. The van der Waals surface area contributed by atoms with E-state index in [1.807, 2.05) is 31.2 Å². The Balaban J connectivity index is 1.26. The van der Waals surface area contributed by atoms with Crippen LogP contribution in [-0.2, 0) is 16.1 Å². The van der Waals surface area contributed by atoms with Gasteiger partial charge in [-0.15, -0.1) is 0 Å². The summed E-state index contributed by atoms with van der Waals surface area (Å²) in [5, 5.41) is 2.96. The average molecular weight is 488 g/mol. The Bertz CT molecular complexity index is 1330. The maximum atomic E-state index is 12.9. The fourth-order valence-electron chi connectivity index (χ4n) is 4.43. The molecule has 1 N–H and O–H groups in total. The third-order valence-electron chi connectivity index (χ3n) is 6.33. The van der Waals surface area contributed by atoms with Crippen LogP contribution in [0.3, 0.4) is 0 Å². The number of likely N-dealkylation sites (tertiary alicyclic amines) is 1. The van der Waals surface area contributed by atoms with Crippen LogP contribution in [0.4, 0.5) is 11.4 Å². The van der Waals surface area contributed by atoms with Crippen molar-refractivity contribution in [3.8, 4) is 0 Å². The minimum absolute atomic E-state index is 0.0651. The molecule has 2 heterocycles. The first kappa shape index (κ1) is 22.8. The number of benzene rings is 3. The van der Waals surface area contributed by atoms with Gasteiger partial charge in [-0.05, 0) is 42.8 Å². The molecule has 0 spiro atoms. The Morgan fingerprint density at radius 2 is 1.63 bits per heavy atom. The molecule has 1 unspecified atom stereocenters. The molecule has 4 amide bonds. The van der Waals surface area contributed by atoms with E-state index in [4.69, 9.17) is 11.6 Å². The molecule has 35 heavy (non-hydrogen) atoms. The predicted molar refractivity (Wildman–Crippen MR) is 132 cm³/mol. The molecule has 8 heteroatoms. The molecule has 3 aromatic carbocycles. The molecule has 5 rings (SSSR count). The first-order valence-corrected chi connectivity index (χ1v) is 11.6. The normalized spacial score (nSPS) is 17.2. The summed E-state index contributed by atoms with van der Waals surface area (Å²) in [6.07, 6.45) is 0.137. The molecular weight excluding hydrogens is 466 g/mol. The van der Waals surface area contributed by atoms with E-state index in [2.05, 4.69) is 5.32 Å². The van der Waals surface area contributed by atoms with Gasteiger partial charge < -0.3 is 10.2 Å². The predicted octanol–water partition coefficient (Wildman–Crippen LogP) is 4.44. The summed E-state index contributed by atoms with van der Waals surface area (Å²) in [7, 11) is 0. The molecule has 0 bridgehead atoms. The number of carbonyl (C=O) groups is 4. The van der Waals surface area contributed by atoms with E-state index in [9.17, 15) is 19.2 Å². The topological polar surface area (TPSA) is 86.8 Å². The van der Waals surface area contributed by atoms with Gasteiger partial charge in [0.05, 0.1) is 27.8 Å². The zero-order valence-corrected chi connectivity index (χ0v) is 19.7. The number of aryl methyl sites for hydroxylation is 1. The molecule has 176 valence electrons. The summed E-state index contributed by atoms with van der Waals surface area (Å²) in [6.45, 7) is 2.80. The van der Waals surface area contributed by atoms with Gasteiger partial charge in [0, 0.05) is 25.2 Å². The summed E-state index contributed by atoms with van der Waals surface area (Å²) in [4.78, 5) is 53.5. The Kier molecular flexibility index (Phi) is 5.86. The summed E-state index contributed by atoms with van der Waals surface area (Å²) in [6, 6.07) is 19.2. The first-order valence-electron chi connectivity index (χ1n) is 11.2. The van der Waals surface area contributed by atoms with E-state index in [0.717, 1.165) is 16.0 Å². The molecule has 1 saturated heterocycles. The average Bonchev–Trinajstić information content (AvgIpc) is 3.33. The van der Waals surface area contributed by atoms with Gasteiger partial charge in [-0.1, -0.05) is 53.6 Å². The highest BCUT2D eigenvalue weighted by Gasteiger charge is 2.38. The quantitative estimate of drug-likeness (QED) is 0.539. The van der Waals surface area contributed by atoms with E-state index >= 15 is 0 Å². The Morgan fingerprint density at radius 3 is 2.26 bits per heavy atom. The van der Waals surface area contributed by atoms with Crippen molar-refractivity contribution in [3.05, 3.63) is 94.0 Å². The number of amides is 4. The van der Waals surface area contributed by atoms with Crippen LogP contribution in [0, 0.1) is 12.8 Å². The second-order valence-electron chi connectivity index (χ2n) is 8.81. The smallest absolute Gasteiger partial charge is 0.266 e. The number of nitrogens with one attached hydrogen (secondary N) is 1. The van der Waals surface area contributed by atoms with Crippen molar-refractivity contribution in [3.63, 3.8) is 0 Å². The maximum Gasteiger partial charge on any atom is 0.266 e. The van der Waals surface area contributed by atoms with Crippen molar-refractivity contribution in [2.24, 2.45) is 5.92 Å². The molecular formula is C27H22ClN3O4. The number of fused-ring (bicyclic) bond motifs is 1. The van der Waals surface area contributed by atoms with Crippen molar-refractivity contribution in [1.82, 2.24) is 4.90 Å². The number of halogens is 1. The lowest BCUT2D eigenvalue weighted by molar-refractivity contribution is -0.128. The van der Waals surface area contributed by atoms with Crippen LogP contribution in [0.15, 0.2) is 66.7 Å². The molecule has 1 atom stereocenters. The number of nitrogens with zero attached hydrogens (tertiary/aromatic N) is 2. The highest BCUT2D eigenvalue weighted by Crippen LogP contribution is 2.35. The van der Waals surface area contributed by atoms with Crippen LogP contribution in [0.5, 0.6) is 0 Å². The highest BCUT2D eigenvalue weighted by atomic mass is 35.5. The largest absolute Gasteiger partial charge is 0.338 e. The van der Waals surface area contributed by atoms with E-state index in [0.29, 0.717) is 29.9 Å². The van der Waals surface area contributed by atoms with Gasteiger partial charge in [0.2, 0.25) is 11.8 Å². The fraction of sp³-hybridized carbons (Fsp3) is 0.185. The van der Waals surface area contributed by atoms with Gasteiger partial charge in [-0.25, -0.2) is 4.90 Å². The summed E-state index contributed by atoms with van der Waals surface area (Å²) in [5.41, 5.74) is 3.48. The number of rotatable bonds is 5. The number of imide groups is 1. The van der Waals surface area contributed by atoms with Crippen LogP contribution >= 0.6 is 11.6 Å². The minimum Gasteiger partial charge on any atom is -0.338 e. The second-order valence-corrected chi connectivity index (χ2v) is 9.21. The highest BCUT2D eigenvalue weighted by molar-refractivity contribution is 6.40. The number of anilines is 2. The van der Waals surface area contributed by atoms with Gasteiger partial charge >= 0.3 is 0 Å². The van der Waals surface area contributed by atoms with Gasteiger partial charge in [0.1, 0.15) is 0 Å². The lowest BCUT2D eigenvalue weighted by Gasteiger charge is -2.18. The zero-order chi connectivity index (χ0) is 24.7. The molecule has 0 aromatic heterocycles. The molecule has 0 aliphatic carbocycles. The first-order chi connectivity index (χ1) is 16.8. The van der Waals surface area contributed by atoms with E-state index in [-0.39, 0.29) is 28.9 Å². The SMILES string of the molecule is Cc1ccc(CN2CC(C(=O)Nc3ccc(N4C(=O)c5ccccc5C4=O)c(Cl)c3)CC2=O)cc1. The van der Waals surface area contributed by atoms with Crippen LogP contribution < -0.4 is 10.2 Å². The molecule has 1 fully saturated rings. The Labute approximate surface area is 207 Å². The van der Waals surface area contributed by atoms with Crippen LogP contribution in [-0.4, -0.2) is 35.1 Å². The van der Waals surface area contributed by atoms with Crippen molar-refractivity contribution >= 4 is 46.6 Å². The maximum absolute atomic E-state index is 12.9. The molecule has 3 aromatic rings. The zero-order valence-electron chi connectivity index (χ0n) is 19.0. The monoisotopic (exact) mass is 487 g/mol. The third-order valence-corrected chi connectivity index (χ3v) is 6.63. The lowest BCUT2D eigenvalue weighted by atomic mass is 10.1. The minimum atomic E-state index is -0.484. The fourth-order valence-corrected chi connectivity index (χ4v) is 4.70. The van der Waals surface area contributed by atoms with Crippen molar-refractivity contribution in [2.45, 2.75) is 19.9 Å². The molecule has 7 nitrogen and oxygen atoms in total. The van der Waals surface area contributed by atoms with Crippen molar-refractivity contribution in [1.29, 1.82) is 0 Å².